The molecule has 0 aliphatic carbocycles. The minimum atomic E-state index is -1.39. The Bertz CT molecular complexity index is 1470. The number of likely N-dealkylation sites (tertiary alicyclic amines) is 1. The summed E-state index contributed by atoms with van der Waals surface area (Å²) in [6.07, 6.45) is 7.56. The summed E-state index contributed by atoms with van der Waals surface area (Å²) in [5.41, 5.74) is 4.48. The lowest BCUT2D eigenvalue weighted by molar-refractivity contribution is -0.123. The second kappa shape index (κ2) is 13.6. The van der Waals surface area contributed by atoms with E-state index < -0.39 is 5.67 Å². The van der Waals surface area contributed by atoms with Gasteiger partial charge in [0.05, 0.1) is 19.8 Å². The predicted octanol–water partition coefficient (Wildman–Crippen LogP) is 8.30. The maximum absolute atomic E-state index is 15.3. The van der Waals surface area contributed by atoms with Crippen LogP contribution in [0.1, 0.15) is 54.1 Å². The van der Waals surface area contributed by atoms with Crippen molar-refractivity contribution in [2.45, 2.75) is 45.2 Å². The van der Waals surface area contributed by atoms with Crippen molar-refractivity contribution in [3.05, 3.63) is 108 Å². The highest BCUT2D eigenvalue weighted by atomic mass is 19.1. The number of anilines is 3. The topological polar surface area (TPSA) is 44.8 Å². The summed E-state index contributed by atoms with van der Waals surface area (Å²) in [4.78, 5) is 17.6. The lowest BCUT2D eigenvalue weighted by Crippen LogP contribution is -2.54. The number of hydrogen-bond donors (Lipinski definition) is 1. The first-order chi connectivity index (χ1) is 20.8. The summed E-state index contributed by atoms with van der Waals surface area (Å²) in [6, 6.07) is 20.0. The SMILES string of the molecule is C=C(C1CCN(C(=O)c2ccc(Nc3cccc(F)c3)c(/C=C\CCC)c2)CC1)N(CC1(F)COC1)c1ccccc1C. The molecule has 2 aliphatic rings. The van der Waals surface area contributed by atoms with Crippen LogP contribution in [-0.4, -0.2) is 49.3 Å². The fourth-order valence-corrected chi connectivity index (χ4v) is 5.77. The van der Waals surface area contributed by atoms with Crippen LogP contribution in [0.5, 0.6) is 0 Å². The van der Waals surface area contributed by atoms with Gasteiger partial charge in [0.15, 0.2) is 5.67 Å². The molecule has 0 spiro atoms. The number of alkyl halides is 1. The third-order valence-electron chi connectivity index (χ3n) is 8.32. The smallest absolute Gasteiger partial charge is 0.253 e. The number of nitrogens with one attached hydrogen (secondary N) is 1. The zero-order valence-corrected chi connectivity index (χ0v) is 25.1. The Balaban J connectivity index is 1.28. The molecule has 0 radical (unpaired) electrons. The number of allylic oxidation sites excluding steroid dienone is 2. The van der Waals surface area contributed by atoms with Gasteiger partial charge < -0.3 is 19.9 Å². The van der Waals surface area contributed by atoms with Crippen molar-refractivity contribution in [2.24, 2.45) is 5.92 Å². The lowest BCUT2D eigenvalue weighted by atomic mass is 9.91. The van der Waals surface area contributed by atoms with Gasteiger partial charge in [0, 0.05) is 47.3 Å². The van der Waals surface area contributed by atoms with E-state index in [1.165, 1.54) is 12.1 Å². The molecule has 7 heteroatoms. The van der Waals surface area contributed by atoms with Gasteiger partial charge in [0.25, 0.3) is 5.91 Å². The second-order valence-corrected chi connectivity index (χ2v) is 11.7. The van der Waals surface area contributed by atoms with Crippen LogP contribution < -0.4 is 10.2 Å². The highest BCUT2D eigenvalue weighted by Gasteiger charge is 2.42. The van der Waals surface area contributed by atoms with Gasteiger partial charge in [-0.15, -0.1) is 0 Å². The van der Waals surface area contributed by atoms with Crippen LogP contribution in [-0.2, 0) is 4.74 Å². The largest absolute Gasteiger partial charge is 0.374 e. The molecule has 5 rings (SSSR count). The van der Waals surface area contributed by atoms with Gasteiger partial charge in [-0.05, 0) is 79.8 Å². The van der Waals surface area contributed by atoms with E-state index in [-0.39, 0.29) is 37.4 Å². The Hall–Kier alpha value is -3.97. The molecule has 3 aromatic rings. The molecule has 2 heterocycles. The molecule has 2 aliphatic heterocycles. The van der Waals surface area contributed by atoms with E-state index in [0.717, 1.165) is 53.9 Å². The summed E-state index contributed by atoms with van der Waals surface area (Å²) in [6.45, 7) is 10.2. The predicted molar refractivity (Wildman–Crippen MR) is 171 cm³/mol. The van der Waals surface area contributed by atoms with E-state index in [9.17, 15) is 9.18 Å². The third-order valence-corrected chi connectivity index (χ3v) is 8.32. The number of unbranched alkanes of at least 4 members (excludes halogenated alkanes) is 1. The average molecular weight is 586 g/mol. The van der Waals surface area contributed by atoms with E-state index in [1.54, 1.807) is 6.07 Å². The van der Waals surface area contributed by atoms with Crippen LogP contribution in [0, 0.1) is 18.7 Å². The van der Waals surface area contributed by atoms with E-state index in [2.05, 4.69) is 24.9 Å². The maximum atomic E-state index is 15.3. The van der Waals surface area contributed by atoms with Gasteiger partial charge in [-0.3, -0.25) is 4.79 Å². The number of para-hydroxylation sites is 1. The van der Waals surface area contributed by atoms with E-state index in [0.29, 0.717) is 24.3 Å². The molecular weight excluding hydrogens is 544 g/mol. The number of benzene rings is 3. The molecule has 2 saturated heterocycles. The molecule has 0 bridgehead atoms. The van der Waals surface area contributed by atoms with Crippen molar-refractivity contribution in [2.75, 3.05) is 43.1 Å². The summed E-state index contributed by atoms with van der Waals surface area (Å²) < 4.78 is 34.2. The van der Waals surface area contributed by atoms with E-state index >= 15 is 4.39 Å². The standard InChI is InChI=1S/C36H41F2N3O2/c1-4-5-6-11-29-21-30(15-16-33(29)39-32-13-9-12-31(37)22-32)35(42)40-19-17-28(18-20-40)27(3)41(23-36(38)24-43-25-36)34-14-8-7-10-26(34)2/h6-16,21-22,28,39H,3-5,17-20,23-25H2,1-2H3/b11-6-. The highest BCUT2D eigenvalue weighted by Crippen LogP contribution is 2.35. The number of ether oxygens (including phenoxy) is 1. The fourth-order valence-electron chi connectivity index (χ4n) is 5.77. The molecule has 226 valence electrons. The first kappa shape index (κ1) is 30.5. The quantitative estimate of drug-likeness (QED) is 0.246. The maximum Gasteiger partial charge on any atom is 0.253 e. The molecule has 3 aromatic carbocycles. The second-order valence-electron chi connectivity index (χ2n) is 11.7. The van der Waals surface area contributed by atoms with Crippen LogP contribution in [0.4, 0.5) is 25.8 Å². The van der Waals surface area contributed by atoms with Crippen molar-refractivity contribution in [1.82, 2.24) is 4.90 Å². The molecule has 0 unspecified atom stereocenters. The number of piperidine rings is 1. The Morgan fingerprint density at radius 1 is 1.12 bits per heavy atom. The highest BCUT2D eigenvalue weighted by molar-refractivity contribution is 5.96. The zero-order chi connectivity index (χ0) is 30.4. The number of halogens is 2. The molecule has 0 atom stereocenters. The lowest BCUT2D eigenvalue weighted by Gasteiger charge is -2.43. The molecular formula is C36H41F2N3O2. The molecule has 1 N–H and O–H groups in total. The molecule has 0 saturated carbocycles. The molecule has 5 nitrogen and oxygen atoms in total. The summed E-state index contributed by atoms with van der Waals surface area (Å²) >= 11 is 0. The Morgan fingerprint density at radius 2 is 1.88 bits per heavy atom. The minimum absolute atomic E-state index is 0.0170. The number of hydrogen-bond acceptors (Lipinski definition) is 4. The van der Waals surface area contributed by atoms with Gasteiger partial charge in [0.2, 0.25) is 0 Å². The molecule has 0 aromatic heterocycles. The van der Waals surface area contributed by atoms with E-state index in [4.69, 9.17) is 4.74 Å². The van der Waals surface area contributed by atoms with Crippen LogP contribution in [0.15, 0.2) is 85.1 Å². The van der Waals surface area contributed by atoms with Gasteiger partial charge >= 0.3 is 0 Å². The van der Waals surface area contributed by atoms with Crippen molar-refractivity contribution in [1.29, 1.82) is 0 Å². The fraction of sp³-hybridized carbons (Fsp3) is 0.361. The van der Waals surface area contributed by atoms with Crippen molar-refractivity contribution in [3.8, 4) is 0 Å². The van der Waals surface area contributed by atoms with Crippen molar-refractivity contribution < 1.29 is 18.3 Å². The third kappa shape index (κ3) is 7.34. The Kier molecular flexibility index (Phi) is 9.61. The monoisotopic (exact) mass is 585 g/mol. The molecule has 2 fully saturated rings. The number of amides is 1. The van der Waals surface area contributed by atoms with Crippen LogP contribution in [0.2, 0.25) is 0 Å². The average Bonchev–Trinajstić information content (AvgIpc) is 3.00. The Morgan fingerprint density at radius 3 is 2.56 bits per heavy atom. The number of aryl methyl sites for hydroxylation is 1. The normalized spacial score (nSPS) is 16.6. The van der Waals surface area contributed by atoms with E-state index in [1.807, 2.05) is 71.3 Å². The molecule has 1 amide bonds. The Labute approximate surface area is 253 Å². The van der Waals surface area contributed by atoms with Gasteiger partial charge in [0.1, 0.15) is 5.82 Å². The summed E-state index contributed by atoms with van der Waals surface area (Å²) in [7, 11) is 0. The van der Waals surface area contributed by atoms with Gasteiger partial charge in [-0.2, -0.15) is 0 Å². The zero-order valence-electron chi connectivity index (χ0n) is 25.1. The van der Waals surface area contributed by atoms with Crippen LogP contribution in [0.25, 0.3) is 6.08 Å². The number of rotatable bonds is 11. The van der Waals surface area contributed by atoms with Gasteiger partial charge in [-0.1, -0.05) is 56.3 Å². The van der Waals surface area contributed by atoms with Crippen molar-refractivity contribution >= 4 is 29.0 Å². The summed E-state index contributed by atoms with van der Waals surface area (Å²) in [5.74, 6) is -0.190. The summed E-state index contributed by atoms with van der Waals surface area (Å²) in [5, 5.41) is 3.29. The number of nitrogens with zero attached hydrogens (tertiary/aromatic N) is 2. The van der Waals surface area contributed by atoms with Crippen LogP contribution in [0.3, 0.4) is 0 Å². The number of carbonyl (C=O) groups is 1. The van der Waals surface area contributed by atoms with Crippen molar-refractivity contribution in [3.63, 3.8) is 0 Å². The first-order valence-corrected chi connectivity index (χ1v) is 15.2. The number of carbonyl (C=O) groups excluding carboxylic acids is 1. The molecule has 43 heavy (non-hydrogen) atoms. The first-order valence-electron chi connectivity index (χ1n) is 15.2. The van der Waals surface area contributed by atoms with Crippen LogP contribution >= 0.6 is 0 Å². The van der Waals surface area contributed by atoms with Gasteiger partial charge in [-0.25, -0.2) is 8.78 Å². The minimum Gasteiger partial charge on any atom is -0.374 e.